The van der Waals surface area contributed by atoms with E-state index in [0.717, 1.165) is 36.4 Å². The number of anilines is 1. The van der Waals surface area contributed by atoms with Crippen molar-refractivity contribution in [1.82, 2.24) is 9.29 Å². The van der Waals surface area contributed by atoms with Crippen LogP contribution in [0.4, 0.5) is 10.2 Å². The third-order valence-corrected chi connectivity index (χ3v) is 7.29. The smallest absolute Gasteiger partial charge is 0.181 e. The lowest BCUT2D eigenvalue weighted by Crippen LogP contribution is -2.35. The van der Waals surface area contributed by atoms with Gasteiger partial charge in [-0.3, -0.25) is 0 Å². The molecular formula is C24H24FN3O2S. The summed E-state index contributed by atoms with van der Waals surface area (Å²) in [4.78, 5) is 5.09. The van der Waals surface area contributed by atoms with Gasteiger partial charge in [0.05, 0.1) is 17.9 Å². The lowest BCUT2D eigenvalue weighted by atomic mass is 10.0. The minimum atomic E-state index is -1.25. The summed E-state index contributed by atoms with van der Waals surface area (Å²) in [5.41, 5.74) is 2.64. The molecule has 5 nitrogen and oxygen atoms in total. The molecule has 0 amide bonds. The van der Waals surface area contributed by atoms with E-state index < -0.39 is 11.4 Å². The summed E-state index contributed by atoms with van der Waals surface area (Å²) in [6, 6.07) is 14.5. The van der Waals surface area contributed by atoms with Gasteiger partial charge in [0.25, 0.3) is 0 Å². The number of piperidine rings is 1. The van der Waals surface area contributed by atoms with Crippen LogP contribution in [0, 0.1) is 5.82 Å². The van der Waals surface area contributed by atoms with Crippen LogP contribution in [-0.4, -0.2) is 40.1 Å². The van der Waals surface area contributed by atoms with E-state index >= 15 is 4.39 Å². The number of fused-ring (bicyclic) bond motifs is 1. The molecule has 0 spiro atoms. The molecule has 0 bridgehead atoms. The van der Waals surface area contributed by atoms with E-state index in [1.165, 1.54) is 12.5 Å². The van der Waals surface area contributed by atoms with Crippen LogP contribution in [-0.2, 0) is 11.4 Å². The molecule has 2 aromatic carbocycles. The molecule has 0 saturated carbocycles. The highest BCUT2D eigenvalue weighted by Crippen LogP contribution is 2.35. The number of aromatic nitrogens is 1. The van der Waals surface area contributed by atoms with Crippen molar-refractivity contribution in [2.24, 2.45) is 0 Å². The van der Waals surface area contributed by atoms with Gasteiger partial charge in [0.2, 0.25) is 0 Å². The van der Waals surface area contributed by atoms with Crippen LogP contribution in [0.3, 0.4) is 0 Å². The van der Waals surface area contributed by atoms with Gasteiger partial charge in [-0.15, -0.1) is 4.31 Å². The molecule has 0 aliphatic carbocycles. The second kappa shape index (κ2) is 8.86. The molecule has 3 aromatic rings. The molecule has 7 heteroatoms. The Hall–Kier alpha value is -2.61. The van der Waals surface area contributed by atoms with Gasteiger partial charge >= 0.3 is 0 Å². The van der Waals surface area contributed by atoms with Gasteiger partial charge < -0.3 is 14.6 Å². The minimum Gasteiger partial charge on any atom is -0.593 e. The van der Waals surface area contributed by atoms with Crippen LogP contribution >= 0.6 is 0 Å². The van der Waals surface area contributed by atoms with Gasteiger partial charge in [-0.25, -0.2) is 9.37 Å². The largest absolute Gasteiger partial charge is 0.593 e. The normalized spacial score (nSPS) is 17.4. The van der Waals surface area contributed by atoms with Gasteiger partial charge in [0.1, 0.15) is 12.4 Å². The predicted molar refractivity (Wildman–Crippen MR) is 121 cm³/mol. The number of nitrogens with zero attached hydrogens (tertiary/aromatic N) is 2. The zero-order valence-corrected chi connectivity index (χ0v) is 18.0. The Labute approximate surface area is 184 Å². The molecule has 31 heavy (non-hydrogen) atoms. The Bertz CT molecular complexity index is 1090. The molecule has 1 unspecified atom stereocenters. The fourth-order valence-corrected chi connectivity index (χ4v) is 5.55. The summed E-state index contributed by atoms with van der Waals surface area (Å²) in [5.74, 6) is 0.970. The first-order valence-electron chi connectivity index (χ1n) is 10.6. The summed E-state index contributed by atoms with van der Waals surface area (Å²) in [6.07, 6.45) is 4.95. The highest BCUT2D eigenvalue weighted by atomic mass is 32.2. The van der Waals surface area contributed by atoms with Gasteiger partial charge in [-0.1, -0.05) is 30.7 Å². The molecule has 5 rings (SSSR count). The topological polar surface area (TPSA) is 60.5 Å². The Morgan fingerprint density at radius 3 is 2.68 bits per heavy atom. The van der Waals surface area contributed by atoms with Gasteiger partial charge in [-0.05, 0) is 42.7 Å². The average molecular weight is 438 g/mol. The van der Waals surface area contributed by atoms with E-state index in [-0.39, 0.29) is 5.82 Å². The van der Waals surface area contributed by atoms with Crippen LogP contribution in [0.1, 0.15) is 19.3 Å². The molecule has 1 atom stereocenters. The quantitative estimate of drug-likeness (QED) is 0.590. The lowest BCUT2D eigenvalue weighted by molar-refractivity contribution is 0.321. The number of hydrogen-bond donors (Lipinski definition) is 1. The van der Waals surface area contributed by atoms with Crippen LogP contribution in [0.2, 0.25) is 0 Å². The second-order valence-electron chi connectivity index (χ2n) is 7.78. The highest BCUT2D eigenvalue weighted by molar-refractivity contribution is 7.89. The van der Waals surface area contributed by atoms with E-state index in [1.807, 2.05) is 40.7 Å². The highest BCUT2D eigenvalue weighted by Gasteiger charge is 2.27. The molecule has 1 aromatic heterocycles. The summed E-state index contributed by atoms with van der Waals surface area (Å²) in [6.45, 7) is 2.93. The zero-order valence-electron chi connectivity index (χ0n) is 17.1. The number of hydrogen-bond acceptors (Lipinski definition) is 5. The van der Waals surface area contributed by atoms with Crippen molar-refractivity contribution in [3.05, 3.63) is 60.5 Å². The van der Waals surface area contributed by atoms with Crippen LogP contribution in [0.5, 0.6) is 5.75 Å². The molecule has 0 radical (unpaired) electrons. The molecular weight excluding hydrogens is 413 g/mol. The van der Waals surface area contributed by atoms with Crippen molar-refractivity contribution in [2.75, 3.05) is 31.6 Å². The van der Waals surface area contributed by atoms with Gasteiger partial charge in [0, 0.05) is 36.0 Å². The lowest BCUT2D eigenvalue weighted by Gasteiger charge is -2.28. The van der Waals surface area contributed by atoms with E-state index in [9.17, 15) is 4.55 Å². The van der Waals surface area contributed by atoms with E-state index in [4.69, 9.17) is 4.74 Å². The predicted octanol–water partition coefficient (Wildman–Crippen LogP) is 4.87. The van der Waals surface area contributed by atoms with E-state index in [2.05, 4.69) is 10.3 Å². The maximum absolute atomic E-state index is 15.2. The van der Waals surface area contributed by atoms with Crippen molar-refractivity contribution in [3.8, 4) is 28.0 Å². The molecule has 1 N–H and O–H groups in total. The van der Waals surface area contributed by atoms with Crippen LogP contribution < -0.4 is 10.1 Å². The maximum Gasteiger partial charge on any atom is 0.181 e. The Balaban J connectivity index is 1.47. The molecule has 2 aliphatic rings. The molecule has 2 aliphatic heterocycles. The third-order valence-electron chi connectivity index (χ3n) is 5.72. The number of rotatable bonds is 4. The molecule has 1 fully saturated rings. The minimum absolute atomic E-state index is 0.346. The summed E-state index contributed by atoms with van der Waals surface area (Å²) < 4.78 is 36.0. The first-order valence-corrected chi connectivity index (χ1v) is 11.7. The van der Waals surface area contributed by atoms with Crippen LogP contribution in [0.25, 0.3) is 22.3 Å². The summed E-state index contributed by atoms with van der Waals surface area (Å²) in [5, 5.41) is 3.17. The average Bonchev–Trinajstić information content (AvgIpc) is 2.84. The fraction of sp³-hybridized carbons (Fsp3) is 0.292. The third kappa shape index (κ3) is 4.13. The van der Waals surface area contributed by atoms with Crippen molar-refractivity contribution in [1.29, 1.82) is 0 Å². The second-order valence-corrected chi connectivity index (χ2v) is 9.23. The summed E-state index contributed by atoms with van der Waals surface area (Å²) in [7, 11) is 0. The maximum atomic E-state index is 15.2. The van der Waals surface area contributed by atoms with Crippen molar-refractivity contribution < 1.29 is 13.7 Å². The van der Waals surface area contributed by atoms with Gasteiger partial charge in [-0.2, -0.15) is 0 Å². The Morgan fingerprint density at radius 2 is 1.84 bits per heavy atom. The van der Waals surface area contributed by atoms with Crippen molar-refractivity contribution in [2.45, 2.75) is 24.2 Å². The fourth-order valence-electron chi connectivity index (χ4n) is 4.11. The number of ether oxygens (including phenoxy) is 1. The first kappa shape index (κ1) is 20.3. The van der Waals surface area contributed by atoms with Crippen LogP contribution in [0.15, 0.2) is 59.6 Å². The van der Waals surface area contributed by atoms with Gasteiger partial charge in [0.15, 0.2) is 16.5 Å². The molecule has 160 valence electrons. The standard InChI is InChI=1S/C24H24FN3O2S/c25-21-14-17(8-9-19(21)18-15-22-24(27-16-18)26-10-13-30-22)20-6-2-3-7-23(20)31(29)28-11-4-1-5-12-28/h2-3,6-9,14-16H,1,4-5,10-13H2,(H,26,27). The Morgan fingerprint density at radius 1 is 1.00 bits per heavy atom. The zero-order chi connectivity index (χ0) is 21.2. The molecule has 1 saturated heterocycles. The first-order chi connectivity index (χ1) is 15.2. The molecule has 3 heterocycles. The number of benzene rings is 2. The van der Waals surface area contributed by atoms with Crippen molar-refractivity contribution in [3.63, 3.8) is 0 Å². The van der Waals surface area contributed by atoms with E-state index in [0.29, 0.717) is 41.4 Å². The SMILES string of the molecule is [O-][S+](c1ccccc1-c1ccc(-c2cnc3c(c2)OCCN3)c(F)c1)N1CCCCC1. The number of nitrogens with one attached hydrogen (secondary N) is 1. The number of halogens is 1. The number of pyridine rings is 1. The Kier molecular flexibility index (Phi) is 5.80. The monoisotopic (exact) mass is 437 g/mol. The van der Waals surface area contributed by atoms with Crippen molar-refractivity contribution >= 4 is 17.2 Å². The summed E-state index contributed by atoms with van der Waals surface area (Å²) >= 11 is -1.25. The van der Waals surface area contributed by atoms with E-state index in [1.54, 1.807) is 12.3 Å².